The van der Waals surface area contributed by atoms with Gasteiger partial charge in [-0.05, 0) is 36.6 Å². The zero-order chi connectivity index (χ0) is 15.2. The van der Waals surface area contributed by atoms with E-state index in [1.54, 1.807) is 0 Å². The minimum absolute atomic E-state index is 0.0410. The Hall–Kier alpha value is -2.21. The number of aliphatic carboxylic acids is 1. The fraction of sp³-hybridized carbons (Fsp3) is 0.333. The van der Waals surface area contributed by atoms with Crippen LogP contribution in [0.3, 0.4) is 0 Å². The second kappa shape index (κ2) is 6.99. The van der Waals surface area contributed by atoms with Gasteiger partial charge in [0, 0.05) is 24.8 Å². The summed E-state index contributed by atoms with van der Waals surface area (Å²) in [5.74, 6) is -1.78. The summed E-state index contributed by atoms with van der Waals surface area (Å²) in [4.78, 5) is 22.2. The van der Waals surface area contributed by atoms with Crippen LogP contribution in [0.1, 0.15) is 24.0 Å². The Bertz CT molecular complexity index is 565. The molecule has 6 heteroatoms. The van der Waals surface area contributed by atoms with Gasteiger partial charge in [-0.2, -0.15) is 0 Å². The molecule has 0 radical (unpaired) electrons. The van der Waals surface area contributed by atoms with Gasteiger partial charge in [0.15, 0.2) is 0 Å². The second-order valence-electron chi connectivity index (χ2n) is 4.74. The number of benzene rings is 1. The third-order valence-electron chi connectivity index (χ3n) is 3.16. The number of rotatable bonds is 5. The summed E-state index contributed by atoms with van der Waals surface area (Å²) in [6.45, 7) is 0.612. The first-order valence-corrected chi connectivity index (χ1v) is 6.65. The molecule has 0 aromatic heterocycles. The van der Waals surface area contributed by atoms with E-state index in [1.165, 1.54) is 24.3 Å². The third-order valence-corrected chi connectivity index (χ3v) is 3.16. The van der Waals surface area contributed by atoms with E-state index in [1.807, 2.05) is 0 Å². The van der Waals surface area contributed by atoms with Crippen LogP contribution in [0.25, 0.3) is 6.08 Å². The minimum Gasteiger partial charge on any atom is -0.478 e. The molecule has 1 aliphatic heterocycles. The molecule has 1 aliphatic rings. The number of nitrogens with one attached hydrogen (secondary N) is 1. The van der Waals surface area contributed by atoms with Crippen LogP contribution in [-0.4, -0.2) is 29.7 Å². The number of carbonyl (C=O) groups excluding carboxylic acids is 1. The van der Waals surface area contributed by atoms with Gasteiger partial charge in [-0.1, -0.05) is 6.07 Å². The second-order valence-corrected chi connectivity index (χ2v) is 4.74. The van der Waals surface area contributed by atoms with Crippen LogP contribution in [0.5, 0.6) is 0 Å². The standard InChI is InChI=1S/C15H16FNO4/c16-12-5-3-10(4-6-14(18)19)8-11(12)9-17-15(20)13-2-1-7-21-13/h3-6,8,13H,1-2,7,9H2,(H,17,20)(H,18,19). The van der Waals surface area contributed by atoms with E-state index < -0.39 is 17.9 Å². The normalized spacial score (nSPS) is 18.0. The highest BCUT2D eigenvalue weighted by molar-refractivity contribution is 5.85. The summed E-state index contributed by atoms with van der Waals surface area (Å²) in [6, 6.07) is 4.22. The first-order valence-electron chi connectivity index (χ1n) is 6.65. The molecular weight excluding hydrogens is 277 g/mol. The van der Waals surface area contributed by atoms with Crippen LogP contribution in [-0.2, 0) is 20.9 Å². The van der Waals surface area contributed by atoms with Crippen molar-refractivity contribution in [3.63, 3.8) is 0 Å². The highest BCUT2D eigenvalue weighted by Gasteiger charge is 2.23. The lowest BCUT2D eigenvalue weighted by molar-refractivity contribution is -0.131. The highest BCUT2D eigenvalue weighted by Crippen LogP contribution is 2.14. The van der Waals surface area contributed by atoms with Crippen LogP contribution in [0.4, 0.5) is 4.39 Å². The molecule has 5 nitrogen and oxygen atoms in total. The van der Waals surface area contributed by atoms with Gasteiger partial charge >= 0.3 is 5.97 Å². The van der Waals surface area contributed by atoms with Crippen molar-refractivity contribution in [3.8, 4) is 0 Å². The van der Waals surface area contributed by atoms with Gasteiger partial charge < -0.3 is 15.2 Å². The first-order chi connectivity index (χ1) is 10.1. The van der Waals surface area contributed by atoms with E-state index in [4.69, 9.17) is 9.84 Å². The first kappa shape index (κ1) is 15.2. The average Bonchev–Trinajstić information content (AvgIpc) is 2.98. The molecule has 1 atom stereocenters. The Balaban J connectivity index is 1.99. The van der Waals surface area contributed by atoms with Crippen LogP contribution in [0, 0.1) is 5.82 Å². The van der Waals surface area contributed by atoms with Crippen LogP contribution in [0.15, 0.2) is 24.3 Å². The van der Waals surface area contributed by atoms with Crippen molar-refractivity contribution in [2.45, 2.75) is 25.5 Å². The van der Waals surface area contributed by atoms with Gasteiger partial charge in [0.2, 0.25) is 5.91 Å². The molecule has 1 aromatic rings. The summed E-state index contributed by atoms with van der Waals surface area (Å²) in [5.41, 5.74) is 0.856. The lowest BCUT2D eigenvalue weighted by atomic mass is 10.1. The number of ether oxygens (including phenoxy) is 1. The fourth-order valence-electron chi connectivity index (χ4n) is 2.08. The van der Waals surface area contributed by atoms with Crippen molar-refractivity contribution >= 4 is 18.0 Å². The van der Waals surface area contributed by atoms with E-state index in [9.17, 15) is 14.0 Å². The molecule has 1 amide bonds. The number of hydrogen-bond acceptors (Lipinski definition) is 3. The Kier molecular flexibility index (Phi) is 5.05. The van der Waals surface area contributed by atoms with Gasteiger partial charge in [-0.15, -0.1) is 0 Å². The van der Waals surface area contributed by atoms with Gasteiger partial charge in [0.25, 0.3) is 0 Å². The van der Waals surface area contributed by atoms with Crippen LogP contribution >= 0.6 is 0 Å². The smallest absolute Gasteiger partial charge is 0.328 e. The van der Waals surface area contributed by atoms with Crippen molar-refractivity contribution in [1.82, 2.24) is 5.32 Å². The molecule has 112 valence electrons. The van der Waals surface area contributed by atoms with Crippen molar-refractivity contribution in [1.29, 1.82) is 0 Å². The number of amides is 1. The summed E-state index contributed by atoms with van der Waals surface area (Å²) in [5, 5.41) is 11.2. The Morgan fingerprint density at radius 2 is 2.29 bits per heavy atom. The molecule has 0 aliphatic carbocycles. The largest absolute Gasteiger partial charge is 0.478 e. The minimum atomic E-state index is -1.08. The summed E-state index contributed by atoms with van der Waals surface area (Å²) >= 11 is 0. The Morgan fingerprint density at radius 1 is 1.48 bits per heavy atom. The monoisotopic (exact) mass is 293 g/mol. The molecule has 1 aromatic carbocycles. The molecule has 1 fully saturated rings. The van der Waals surface area contributed by atoms with E-state index in [0.717, 1.165) is 12.5 Å². The number of hydrogen-bond donors (Lipinski definition) is 2. The number of halogens is 1. The van der Waals surface area contributed by atoms with E-state index in [0.29, 0.717) is 24.2 Å². The van der Waals surface area contributed by atoms with Crippen molar-refractivity contribution in [2.75, 3.05) is 6.61 Å². The maximum absolute atomic E-state index is 13.7. The summed E-state index contributed by atoms with van der Waals surface area (Å²) in [7, 11) is 0. The number of carboxylic acids is 1. The molecule has 0 bridgehead atoms. The summed E-state index contributed by atoms with van der Waals surface area (Å²) in [6.07, 6.45) is 3.41. The lowest BCUT2D eigenvalue weighted by Crippen LogP contribution is -2.33. The zero-order valence-electron chi connectivity index (χ0n) is 11.3. The Morgan fingerprint density at radius 3 is 2.95 bits per heavy atom. The van der Waals surface area contributed by atoms with E-state index in [-0.39, 0.29) is 12.5 Å². The van der Waals surface area contributed by atoms with E-state index in [2.05, 4.69) is 5.32 Å². The fourth-order valence-corrected chi connectivity index (χ4v) is 2.08. The highest BCUT2D eigenvalue weighted by atomic mass is 19.1. The average molecular weight is 293 g/mol. The quantitative estimate of drug-likeness (QED) is 0.811. The van der Waals surface area contributed by atoms with Crippen LogP contribution < -0.4 is 5.32 Å². The van der Waals surface area contributed by atoms with E-state index >= 15 is 0 Å². The molecule has 0 spiro atoms. The van der Waals surface area contributed by atoms with Gasteiger partial charge in [0.05, 0.1) is 0 Å². The molecule has 0 saturated carbocycles. The maximum atomic E-state index is 13.7. The third kappa shape index (κ3) is 4.39. The van der Waals surface area contributed by atoms with Crippen molar-refractivity contribution in [2.24, 2.45) is 0 Å². The molecule has 1 heterocycles. The molecule has 2 N–H and O–H groups in total. The number of carbonyl (C=O) groups is 2. The molecule has 2 rings (SSSR count). The van der Waals surface area contributed by atoms with Gasteiger partial charge in [-0.25, -0.2) is 9.18 Å². The number of carboxylic acid groups (broad SMARTS) is 1. The van der Waals surface area contributed by atoms with Gasteiger partial charge in [-0.3, -0.25) is 4.79 Å². The van der Waals surface area contributed by atoms with Crippen molar-refractivity contribution < 1.29 is 23.8 Å². The predicted molar refractivity (Wildman–Crippen MR) is 73.9 cm³/mol. The topological polar surface area (TPSA) is 75.6 Å². The lowest BCUT2D eigenvalue weighted by Gasteiger charge is -2.11. The van der Waals surface area contributed by atoms with Crippen LogP contribution in [0.2, 0.25) is 0 Å². The maximum Gasteiger partial charge on any atom is 0.328 e. The molecule has 1 saturated heterocycles. The zero-order valence-corrected chi connectivity index (χ0v) is 11.3. The summed E-state index contributed by atoms with van der Waals surface area (Å²) < 4.78 is 18.9. The Labute approximate surface area is 121 Å². The predicted octanol–water partition coefficient (Wildman–Crippen LogP) is 1.72. The molecule has 21 heavy (non-hydrogen) atoms. The molecule has 1 unspecified atom stereocenters. The van der Waals surface area contributed by atoms with Crippen molar-refractivity contribution in [3.05, 3.63) is 41.2 Å². The van der Waals surface area contributed by atoms with Gasteiger partial charge in [0.1, 0.15) is 11.9 Å². The SMILES string of the molecule is O=C(O)C=Cc1ccc(F)c(CNC(=O)C2CCCO2)c1. The molecular formula is C15H16FNO4.